The summed E-state index contributed by atoms with van der Waals surface area (Å²) in [4.78, 5) is 36.5. The Balaban J connectivity index is 2.03. The summed E-state index contributed by atoms with van der Waals surface area (Å²) >= 11 is 0. The molecule has 0 saturated carbocycles. The third-order valence-electron chi connectivity index (χ3n) is 4.19. The van der Waals surface area contributed by atoms with E-state index in [1.54, 1.807) is 24.3 Å². The first-order valence-corrected chi connectivity index (χ1v) is 8.95. The van der Waals surface area contributed by atoms with Gasteiger partial charge in [-0.05, 0) is 38.0 Å². The van der Waals surface area contributed by atoms with Crippen molar-refractivity contribution >= 4 is 23.4 Å². The summed E-state index contributed by atoms with van der Waals surface area (Å²) in [6.07, 6.45) is 0.719. The lowest BCUT2D eigenvalue weighted by atomic mass is 10.1. The van der Waals surface area contributed by atoms with Crippen molar-refractivity contribution in [2.24, 2.45) is 0 Å². The number of aryl methyl sites for hydroxylation is 1. The first-order valence-electron chi connectivity index (χ1n) is 8.95. The number of carbonyl (C=O) groups is 3. The molecule has 2 aromatic rings. The molecule has 2 aromatic carbocycles. The SMILES string of the molecule is CC[C@@H](C)NC(=O)C(=O)Nc1ccccc1C(=O)NCc1ccc(C)cc1. The highest BCUT2D eigenvalue weighted by Crippen LogP contribution is 2.15. The van der Waals surface area contributed by atoms with Crippen LogP contribution in [0.1, 0.15) is 41.8 Å². The van der Waals surface area contributed by atoms with Gasteiger partial charge in [-0.3, -0.25) is 14.4 Å². The molecular weight excluding hydrogens is 342 g/mol. The van der Waals surface area contributed by atoms with Crippen molar-refractivity contribution in [1.29, 1.82) is 0 Å². The van der Waals surface area contributed by atoms with E-state index in [9.17, 15) is 14.4 Å². The molecule has 0 aliphatic carbocycles. The molecule has 3 amide bonds. The smallest absolute Gasteiger partial charge is 0.313 e. The summed E-state index contributed by atoms with van der Waals surface area (Å²) in [6, 6.07) is 14.3. The lowest BCUT2D eigenvalue weighted by Gasteiger charge is -2.13. The zero-order valence-electron chi connectivity index (χ0n) is 15.8. The zero-order chi connectivity index (χ0) is 19.8. The molecule has 0 fully saturated rings. The molecule has 0 unspecified atom stereocenters. The van der Waals surface area contributed by atoms with E-state index >= 15 is 0 Å². The van der Waals surface area contributed by atoms with Gasteiger partial charge in [0, 0.05) is 12.6 Å². The Kier molecular flexibility index (Phi) is 7.11. The summed E-state index contributed by atoms with van der Waals surface area (Å²) in [5, 5.41) is 7.94. The van der Waals surface area contributed by atoms with E-state index < -0.39 is 11.8 Å². The molecule has 142 valence electrons. The Morgan fingerprint density at radius 2 is 1.63 bits per heavy atom. The normalized spacial score (nSPS) is 11.4. The van der Waals surface area contributed by atoms with Gasteiger partial charge in [-0.2, -0.15) is 0 Å². The van der Waals surface area contributed by atoms with E-state index in [0.717, 1.165) is 17.5 Å². The molecular formula is C21H25N3O3. The minimum Gasteiger partial charge on any atom is -0.348 e. The largest absolute Gasteiger partial charge is 0.348 e. The molecule has 1 atom stereocenters. The fraction of sp³-hybridized carbons (Fsp3) is 0.286. The highest BCUT2D eigenvalue weighted by Gasteiger charge is 2.18. The summed E-state index contributed by atoms with van der Waals surface area (Å²) in [5.41, 5.74) is 2.72. The number of nitrogens with one attached hydrogen (secondary N) is 3. The van der Waals surface area contributed by atoms with Crippen LogP contribution in [0.4, 0.5) is 5.69 Å². The van der Waals surface area contributed by atoms with Crippen LogP contribution in [0, 0.1) is 6.92 Å². The van der Waals surface area contributed by atoms with Crippen molar-refractivity contribution in [2.45, 2.75) is 39.8 Å². The Morgan fingerprint density at radius 3 is 2.30 bits per heavy atom. The fourth-order valence-corrected chi connectivity index (χ4v) is 2.34. The molecule has 0 aliphatic rings. The highest BCUT2D eigenvalue weighted by molar-refractivity contribution is 6.40. The van der Waals surface area contributed by atoms with Crippen LogP contribution in [0.25, 0.3) is 0 Å². The van der Waals surface area contributed by atoms with Crippen molar-refractivity contribution < 1.29 is 14.4 Å². The molecule has 0 spiro atoms. The number of hydrogen-bond acceptors (Lipinski definition) is 3. The van der Waals surface area contributed by atoms with Gasteiger partial charge in [0.05, 0.1) is 11.3 Å². The van der Waals surface area contributed by atoms with Crippen LogP contribution in [0.15, 0.2) is 48.5 Å². The van der Waals surface area contributed by atoms with Crippen LogP contribution in [0.5, 0.6) is 0 Å². The van der Waals surface area contributed by atoms with Crippen molar-refractivity contribution in [1.82, 2.24) is 10.6 Å². The maximum Gasteiger partial charge on any atom is 0.313 e. The van der Waals surface area contributed by atoms with E-state index in [1.165, 1.54) is 0 Å². The molecule has 2 rings (SSSR count). The van der Waals surface area contributed by atoms with E-state index in [1.807, 2.05) is 45.0 Å². The van der Waals surface area contributed by atoms with Crippen molar-refractivity contribution in [3.8, 4) is 0 Å². The van der Waals surface area contributed by atoms with E-state index in [2.05, 4.69) is 16.0 Å². The molecule has 0 heterocycles. The van der Waals surface area contributed by atoms with Crippen LogP contribution in [-0.4, -0.2) is 23.8 Å². The predicted octanol–water partition coefficient (Wildman–Crippen LogP) is 2.78. The zero-order valence-corrected chi connectivity index (χ0v) is 15.8. The van der Waals surface area contributed by atoms with Gasteiger partial charge in [0.2, 0.25) is 0 Å². The lowest BCUT2D eigenvalue weighted by Crippen LogP contribution is -2.40. The molecule has 0 bridgehead atoms. The quantitative estimate of drug-likeness (QED) is 0.686. The van der Waals surface area contributed by atoms with Gasteiger partial charge in [-0.15, -0.1) is 0 Å². The number of anilines is 1. The van der Waals surface area contributed by atoms with Gasteiger partial charge in [0.25, 0.3) is 5.91 Å². The monoisotopic (exact) mass is 367 g/mol. The van der Waals surface area contributed by atoms with Crippen LogP contribution < -0.4 is 16.0 Å². The van der Waals surface area contributed by atoms with Crippen LogP contribution >= 0.6 is 0 Å². The van der Waals surface area contributed by atoms with Gasteiger partial charge in [-0.25, -0.2) is 0 Å². The summed E-state index contributed by atoms with van der Waals surface area (Å²) < 4.78 is 0. The maximum absolute atomic E-state index is 12.5. The number of hydrogen-bond donors (Lipinski definition) is 3. The average Bonchev–Trinajstić information content (AvgIpc) is 2.67. The molecule has 6 heteroatoms. The number of benzene rings is 2. The standard InChI is InChI=1S/C21H25N3O3/c1-4-15(3)23-20(26)21(27)24-18-8-6-5-7-17(18)19(25)22-13-16-11-9-14(2)10-12-16/h5-12,15H,4,13H2,1-3H3,(H,22,25)(H,23,26)(H,24,27)/t15-/m1/s1. The van der Waals surface area contributed by atoms with E-state index in [4.69, 9.17) is 0 Å². The van der Waals surface area contributed by atoms with E-state index in [-0.39, 0.29) is 11.9 Å². The van der Waals surface area contributed by atoms with Gasteiger partial charge in [-0.1, -0.05) is 48.9 Å². The van der Waals surface area contributed by atoms with Gasteiger partial charge >= 0.3 is 11.8 Å². The third-order valence-corrected chi connectivity index (χ3v) is 4.19. The number of para-hydroxylation sites is 1. The number of rotatable bonds is 6. The minimum absolute atomic E-state index is 0.101. The average molecular weight is 367 g/mol. The van der Waals surface area contributed by atoms with Crippen LogP contribution in [0.3, 0.4) is 0 Å². The molecule has 27 heavy (non-hydrogen) atoms. The number of amides is 3. The molecule has 0 radical (unpaired) electrons. The Morgan fingerprint density at radius 1 is 0.963 bits per heavy atom. The van der Waals surface area contributed by atoms with Gasteiger partial charge in [0.15, 0.2) is 0 Å². The lowest BCUT2D eigenvalue weighted by molar-refractivity contribution is -0.136. The second-order valence-electron chi connectivity index (χ2n) is 6.45. The molecule has 3 N–H and O–H groups in total. The van der Waals surface area contributed by atoms with Crippen LogP contribution in [-0.2, 0) is 16.1 Å². The van der Waals surface area contributed by atoms with Crippen molar-refractivity contribution in [3.63, 3.8) is 0 Å². The fourth-order valence-electron chi connectivity index (χ4n) is 2.34. The van der Waals surface area contributed by atoms with Crippen molar-refractivity contribution in [2.75, 3.05) is 5.32 Å². The highest BCUT2D eigenvalue weighted by atomic mass is 16.2. The molecule has 6 nitrogen and oxygen atoms in total. The maximum atomic E-state index is 12.5. The number of carbonyl (C=O) groups excluding carboxylic acids is 3. The Bertz CT molecular complexity index is 816. The Hall–Kier alpha value is -3.15. The second kappa shape index (κ2) is 9.52. The predicted molar refractivity (Wildman–Crippen MR) is 105 cm³/mol. The Labute approximate surface area is 159 Å². The molecule has 0 aromatic heterocycles. The minimum atomic E-state index is -0.797. The van der Waals surface area contributed by atoms with Crippen molar-refractivity contribution in [3.05, 3.63) is 65.2 Å². The molecule has 0 aliphatic heterocycles. The first-order chi connectivity index (χ1) is 12.9. The van der Waals surface area contributed by atoms with E-state index in [0.29, 0.717) is 17.8 Å². The van der Waals surface area contributed by atoms with Gasteiger partial charge < -0.3 is 16.0 Å². The summed E-state index contributed by atoms with van der Waals surface area (Å²) in [6.45, 7) is 6.10. The second-order valence-corrected chi connectivity index (χ2v) is 6.45. The molecule has 0 saturated heterocycles. The first kappa shape index (κ1) is 20.2. The van der Waals surface area contributed by atoms with Crippen LogP contribution in [0.2, 0.25) is 0 Å². The topological polar surface area (TPSA) is 87.3 Å². The van der Waals surface area contributed by atoms with Gasteiger partial charge in [0.1, 0.15) is 0 Å². The third kappa shape index (κ3) is 5.95. The summed E-state index contributed by atoms with van der Waals surface area (Å²) in [5.74, 6) is -1.85. The summed E-state index contributed by atoms with van der Waals surface area (Å²) in [7, 11) is 0.